The van der Waals surface area contributed by atoms with Crippen molar-refractivity contribution < 1.29 is 23.9 Å². The molecule has 38 heavy (non-hydrogen) atoms. The first-order valence-corrected chi connectivity index (χ1v) is 14.3. The summed E-state index contributed by atoms with van der Waals surface area (Å²) in [7, 11) is 0. The fraction of sp³-hybridized carbons (Fsp3) is 0.643. The molecule has 0 aromatic carbocycles. The molecule has 0 bridgehead atoms. The van der Waals surface area contributed by atoms with E-state index in [0.717, 1.165) is 50.6 Å². The van der Waals surface area contributed by atoms with E-state index in [1.807, 2.05) is 24.8 Å². The molecule has 206 valence electrons. The van der Waals surface area contributed by atoms with E-state index in [9.17, 15) is 14.4 Å². The number of anilines is 1. The van der Waals surface area contributed by atoms with Crippen LogP contribution in [0, 0.1) is 5.41 Å². The fourth-order valence-corrected chi connectivity index (χ4v) is 7.31. The van der Waals surface area contributed by atoms with E-state index >= 15 is 0 Å². The molecule has 2 aromatic rings. The highest BCUT2D eigenvalue weighted by Crippen LogP contribution is 2.47. The Morgan fingerprint density at radius 2 is 1.95 bits per heavy atom. The lowest BCUT2D eigenvalue weighted by Crippen LogP contribution is -2.53. The molecule has 0 saturated carbocycles. The van der Waals surface area contributed by atoms with Crippen LogP contribution in [-0.4, -0.2) is 76.2 Å². The number of carbonyl (C=O) groups is 3. The highest BCUT2D eigenvalue weighted by atomic mass is 32.1. The molecule has 3 fully saturated rings. The average molecular weight is 543 g/mol. The molecule has 3 saturated heterocycles. The second-order valence-corrected chi connectivity index (χ2v) is 13.5. The lowest BCUT2D eigenvalue weighted by atomic mass is 9.74. The minimum atomic E-state index is -0.650. The van der Waals surface area contributed by atoms with E-state index in [0.29, 0.717) is 34.5 Å². The lowest BCUT2D eigenvalue weighted by molar-refractivity contribution is -0.154. The van der Waals surface area contributed by atoms with Gasteiger partial charge in [0.05, 0.1) is 11.0 Å². The summed E-state index contributed by atoms with van der Waals surface area (Å²) in [6.45, 7) is 12.3. The Morgan fingerprint density at radius 3 is 2.61 bits per heavy atom. The second kappa shape index (κ2) is 9.79. The van der Waals surface area contributed by atoms with Crippen LogP contribution in [0.1, 0.15) is 77.1 Å². The largest absolute Gasteiger partial charge is 0.459 e. The van der Waals surface area contributed by atoms with Gasteiger partial charge in [0.1, 0.15) is 21.0 Å². The van der Waals surface area contributed by atoms with Gasteiger partial charge in [-0.3, -0.25) is 19.8 Å². The van der Waals surface area contributed by atoms with Crippen molar-refractivity contribution >= 4 is 44.5 Å². The van der Waals surface area contributed by atoms with Gasteiger partial charge in [-0.1, -0.05) is 11.3 Å². The number of aromatic nitrogens is 1. The maximum absolute atomic E-state index is 13.8. The van der Waals surface area contributed by atoms with E-state index in [4.69, 9.17) is 9.47 Å². The average Bonchev–Trinajstić information content (AvgIpc) is 3.29. The van der Waals surface area contributed by atoms with E-state index in [-0.39, 0.29) is 11.9 Å². The number of fused-ring (bicyclic) bond motifs is 1. The number of hydrogen-bond acceptors (Lipinski definition) is 8. The van der Waals surface area contributed by atoms with Crippen molar-refractivity contribution in [2.75, 3.05) is 31.5 Å². The van der Waals surface area contributed by atoms with E-state index < -0.39 is 22.7 Å². The summed E-state index contributed by atoms with van der Waals surface area (Å²) in [5.74, 6) is -0.159. The fourth-order valence-electron chi connectivity index (χ4n) is 6.29. The van der Waals surface area contributed by atoms with Crippen molar-refractivity contribution in [3.8, 4) is 0 Å². The number of thiophene rings is 1. The second-order valence-electron chi connectivity index (χ2n) is 12.5. The number of carbonyl (C=O) groups excluding carboxylic acids is 3. The minimum absolute atomic E-state index is 0.0530. The van der Waals surface area contributed by atoms with Crippen LogP contribution >= 0.6 is 11.3 Å². The van der Waals surface area contributed by atoms with Gasteiger partial charge in [0, 0.05) is 43.7 Å². The summed E-state index contributed by atoms with van der Waals surface area (Å²) in [6.07, 6.45) is 5.41. The number of esters is 1. The van der Waals surface area contributed by atoms with Crippen LogP contribution in [0.15, 0.2) is 18.3 Å². The molecule has 2 amide bonds. The normalized spacial score (nSPS) is 24.6. The third-order valence-corrected chi connectivity index (χ3v) is 8.76. The summed E-state index contributed by atoms with van der Waals surface area (Å²) < 4.78 is 11.1. The highest BCUT2D eigenvalue weighted by Gasteiger charge is 2.54. The zero-order valence-electron chi connectivity index (χ0n) is 23.0. The lowest BCUT2D eigenvalue weighted by Gasteiger charge is -2.44. The molecular formula is C28H38N4O5S. The molecule has 1 N–H and O–H groups in total. The third kappa shape index (κ3) is 5.38. The number of amides is 2. The predicted octanol–water partition coefficient (Wildman–Crippen LogP) is 5.06. The molecule has 1 spiro atoms. The first-order chi connectivity index (χ1) is 17.9. The topological polar surface area (TPSA) is 101 Å². The smallest absolute Gasteiger partial charge is 0.412 e. The zero-order chi connectivity index (χ0) is 27.3. The molecule has 5 rings (SSSR count). The van der Waals surface area contributed by atoms with Gasteiger partial charge in [0.15, 0.2) is 0 Å². The van der Waals surface area contributed by atoms with Gasteiger partial charge in [0.2, 0.25) is 0 Å². The van der Waals surface area contributed by atoms with Gasteiger partial charge in [-0.25, -0.2) is 9.78 Å². The van der Waals surface area contributed by atoms with Crippen LogP contribution in [0.25, 0.3) is 10.2 Å². The number of ether oxygens (including phenoxy) is 2. The molecule has 10 heteroatoms. The maximum atomic E-state index is 13.8. The standard InChI is InChI=1S/C28H38N4O5S/c1-26(2,3)37-25(35)30-22-20(19-8-6-12-29-21(19)38-22)23(33)31-14-9-18(10-15-31)32-13-7-11-28(17-32)16-27(4,5)36-24(28)34/h6,8,12,18H,7,9-11,13-17H2,1-5H3,(H,30,35). The molecule has 5 heterocycles. The summed E-state index contributed by atoms with van der Waals surface area (Å²) in [5, 5.41) is 3.98. The number of pyridine rings is 1. The number of nitrogens with zero attached hydrogens (tertiary/aromatic N) is 3. The number of likely N-dealkylation sites (tertiary alicyclic amines) is 2. The van der Waals surface area contributed by atoms with E-state index in [1.165, 1.54) is 11.3 Å². The maximum Gasteiger partial charge on any atom is 0.412 e. The number of rotatable bonds is 3. The van der Waals surface area contributed by atoms with Crippen molar-refractivity contribution in [3.05, 3.63) is 23.9 Å². The number of cyclic esters (lactones) is 1. The number of hydrogen-bond donors (Lipinski definition) is 1. The molecular weight excluding hydrogens is 504 g/mol. The van der Waals surface area contributed by atoms with Gasteiger partial charge in [-0.2, -0.15) is 0 Å². The first kappa shape index (κ1) is 26.9. The third-order valence-electron chi connectivity index (χ3n) is 7.74. The molecule has 0 aliphatic carbocycles. The van der Waals surface area contributed by atoms with Gasteiger partial charge < -0.3 is 14.4 Å². The molecule has 2 aromatic heterocycles. The van der Waals surface area contributed by atoms with Gasteiger partial charge in [-0.05, 0) is 79.0 Å². The molecule has 3 aliphatic heterocycles. The Kier molecular flexibility index (Phi) is 6.92. The van der Waals surface area contributed by atoms with Gasteiger partial charge >= 0.3 is 12.1 Å². The van der Waals surface area contributed by atoms with Crippen molar-refractivity contribution in [2.24, 2.45) is 5.41 Å². The van der Waals surface area contributed by atoms with Crippen LogP contribution in [0.4, 0.5) is 9.80 Å². The number of nitrogens with one attached hydrogen (secondary N) is 1. The van der Waals surface area contributed by atoms with Crippen LogP contribution in [-0.2, 0) is 14.3 Å². The Morgan fingerprint density at radius 1 is 1.21 bits per heavy atom. The Labute approximate surface area is 227 Å². The van der Waals surface area contributed by atoms with Crippen LogP contribution in [0.3, 0.4) is 0 Å². The first-order valence-electron chi connectivity index (χ1n) is 13.5. The van der Waals surface area contributed by atoms with Crippen molar-refractivity contribution in [1.82, 2.24) is 14.8 Å². The van der Waals surface area contributed by atoms with E-state index in [2.05, 4.69) is 15.2 Å². The SMILES string of the molecule is CC(C)(C)OC(=O)Nc1sc2ncccc2c1C(=O)N1CCC(N2CCCC3(C2)CC(C)(C)OC3=O)CC1. The van der Waals surface area contributed by atoms with Crippen LogP contribution in [0.5, 0.6) is 0 Å². The zero-order valence-corrected chi connectivity index (χ0v) is 23.8. The quantitative estimate of drug-likeness (QED) is 0.541. The van der Waals surface area contributed by atoms with Gasteiger partial charge in [-0.15, -0.1) is 0 Å². The molecule has 1 unspecified atom stereocenters. The molecule has 1 atom stereocenters. The van der Waals surface area contributed by atoms with Gasteiger partial charge in [0.25, 0.3) is 5.91 Å². The minimum Gasteiger partial charge on any atom is -0.459 e. The predicted molar refractivity (Wildman–Crippen MR) is 146 cm³/mol. The summed E-state index contributed by atoms with van der Waals surface area (Å²) in [6, 6.07) is 4.00. The van der Waals surface area contributed by atoms with Crippen molar-refractivity contribution in [1.29, 1.82) is 0 Å². The van der Waals surface area contributed by atoms with Crippen molar-refractivity contribution in [3.63, 3.8) is 0 Å². The highest BCUT2D eigenvalue weighted by molar-refractivity contribution is 7.23. The summed E-state index contributed by atoms with van der Waals surface area (Å²) >= 11 is 1.28. The Bertz CT molecular complexity index is 1240. The summed E-state index contributed by atoms with van der Waals surface area (Å²) in [5.41, 5.74) is -0.989. The summed E-state index contributed by atoms with van der Waals surface area (Å²) in [4.78, 5) is 48.6. The monoisotopic (exact) mass is 542 g/mol. The number of piperidine rings is 2. The molecule has 0 radical (unpaired) electrons. The van der Waals surface area contributed by atoms with Crippen molar-refractivity contribution in [2.45, 2.75) is 84.0 Å². The van der Waals surface area contributed by atoms with Crippen LogP contribution in [0.2, 0.25) is 0 Å². The molecule has 9 nitrogen and oxygen atoms in total. The molecule has 3 aliphatic rings. The van der Waals surface area contributed by atoms with Crippen LogP contribution < -0.4 is 5.32 Å². The Balaban J connectivity index is 1.28. The Hall–Kier alpha value is -2.72. The van der Waals surface area contributed by atoms with E-state index in [1.54, 1.807) is 33.0 Å².